The van der Waals surface area contributed by atoms with E-state index in [1.54, 1.807) is 6.07 Å². The van der Waals surface area contributed by atoms with Crippen LogP contribution in [0.4, 0.5) is 5.69 Å². The van der Waals surface area contributed by atoms with E-state index in [2.05, 4.69) is 15.8 Å². The fraction of sp³-hybridized carbons (Fsp3) is 0.118. The maximum Gasteiger partial charge on any atom is 0.278 e. The average molecular weight is 340 g/mol. The summed E-state index contributed by atoms with van der Waals surface area (Å²) in [7, 11) is 0. The number of nitrogens with one attached hydrogen (secondary N) is 2. The van der Waals surface area contributed by atoms with Crippen molar-refractivity contribution >= 4 is 23.7 Å². The Kier molecular flexibility index (Phi) is 6.35. The lowest BCUT2D eigenvalue weighted by molar-refractivity contribution is -0.385. The number of hydrazone groups is 1. The molecule has 0 heterocycles. The largest absolute Gasteiger partial charge is 0.352 e. The van der Waals surface area contributed by atoms with Crippen molar-refractivity contribution in [1.29, 1.82) is 0 Å². The van der Waals surface area contributed by atoms with Gasteiger partial charge in [0.1, 0.15) is 6.42 Å². The van der Waals surface area contributed by atoms with Crippen LogP contribution in [0.5, 0.6) is 0 Å². The van der Waals surface area contributed by atoms with Crippen molar-refractivity contribution in [2.45, 2.75) is 13.0 Å². The Morgan fingerprint density at radius 3 is 2.44 bits per heavy atom. The molecule has 2 aromatic carbocycles. The van der Waals surface area contributed by atoms with Crippen molar-refractivity contribution in [1.82, 2.24) is 10.7 Å². The van der Waals surface area contributed by atoms with E-state index in [9.17, 15) is 19.7 Å². The molecule has 0 aliphatic rings. The molecule has 0 aliphatic heterocycles. The van der Waals surface area contributed by atoms with Crippen LogP contribution < -0.4 is 10.7 Å². The third-order valence-electron chi connectivity index (χ3n) is 3.18. The number of para-hydroxylation sites is 1. The van der Waals surface area contributed by atoms with Gasteiger partial charge in [-0.2, -0.15) is 5.10 Å². The number of nitro benzene ring substituents is 1. The van der Waals surface area contributed by atoms with Gasteiger partial charge in [-0.15, -0.1) is 0 Å². The van der Waals surface area contributed by atoms with Crippen LogP contribution in [-0.2, 0) is 16.1 Å². The van der Waals surface area contributed by atoms with Gasteiger partial charge in [0.15, 0.2) is 0 Å². The molecule has 8 nitrogen and oxygen atoms in total. The summed E-state index contributed by atoms with van der Waals surface area (Å²) in [6.45, 7) is 0.326. The third kappa shape index (κ3) is 5.87. The maximum atomic E-state index is 11.7. The summed E-state index contributed by atoms with van der Waals surface area (Å²) in [6, 6.07) is 15.3. The molecule has 0 spiro atoms. The average Bonchev–Trinajstić information content (AvgIpc) is 2.61. The summed E-state index contributed by atoms with van der Waals surface area (Å²) in [6.07, 6.45) is 0.777. The van der Waals surface area contributed by atoms with E-state index in [1.807, 2.05) is 30.3 Å². The first-order chi connectivity index (χ1) is 12.1. The van der Waals surface area contributed by atoms with Crippen LogP contribution in [0.1, 0.15) is 17.5 Å². The Bertz CT molecular complexity index is 790. The van der Waals surface area contributed by atoms with Gasteiger partial charge in [-0.3, -0.25) is 19.7 Å². The molecule has 0 radical (unpaired) electrons. The van der Waals surface area contributed by atoms with Gasteiger partial charge in [0.05, 0.1) is 16.7 Å². The van der Waals surface area contributed by atoms with Crippen molar-refractivity contribution in [2.75, 3.05) is 0 Å². The van der Waals surface area contributed by atoms with E-state index < -0.39 is 16.7 Å². The molecule has 2 rings (SSSR count). The van der Waals surface area contributed by atoms with Crippen LogP contribution in [0.2, 0.25) is 0 Å². The zero-order valence-electron chi connectivity index (χ0n) is 13.2. The quantitative estimate of drug-likeness (QED) is 0.346. The van der Waals surface area contributed by atoms with Crippen LogP contribution in [-0.4, -0.2) is 23.0 Å². The summed E-state index contributed by atoms with van der Waals surface area (Å²) >= 11 is 0. The second kappa shape index (κ2) is 8.92. The zero-order valence-corrected chi connectivity index (χ0v) is 13.2. The summed E-state index contributed by atoms with van der Waals surface area (Å²) < 4.78 is 0. The molecule has 0 bridgehead atoms. The highest BCUT2D eigenvalue weighted by molar-refractivity contribution is 5.97. The standard InChI is InChI=1S/C17H16N4O4/c22-16(18-11-13-6-2-1-3-7-13)10-17(23)20-19-12-14-8-4-5-9-15(14)21(24)25/h1-9,12H,10-11H2,(H,18,22)(H,20,23)/b19-12+. The van der Waals surface area contributed by atoms with Crippen LogP contribution >= 0.6 is 0 Å². The van der Waals surface area contributed by atoms with Gasteiger partial charge in [-0.05, 0) is 11.6 Å². The highest BCUT2D eigenvalue weighted by Gasteiger charge is 2.11. The number of nitrogens with zero attached hydrogens (tertiary/aromatic N) is 2. The number of carbonyl (C=O) groups is 2. The SMILES string of the molecule is O=C(CC(=O)N/N=C/c1ccccc1[N+](=O)[O-])NCc1ccccc1. The molecule has 8 heteroatoms. The molecule has 0 saturated carbocycles. The second-order valence-electron chi connectivity index (χ2n) is 5.05. The first-order valence-electron chi connectivity index (χ1n) is 7.42. The molecular formula is C17H16N4O4. The number of amides is 2. The van der Waals surface area contributed by atoms with Gasteiger partial charge < -0.3 is 5.32 Å². The van der Waals surface area contributed by atoms with Crippen molar-refractivity contribution in [3.63, 3.8) is 0 Å². The van der Waals surface area contributed by atoms with E-state index in [4.69, 9.17) is 0 Å². The van der Waals surface area contributed by atoms with Gasteiger partial charge in [0, 0.05) is 12.6 Å². The zero-order chi connectivity index (χ0) is 18.1. The number of benzene rings is 2. The van der Waals surface area contributed by atoms with E-state index in [0.29, 0.717) is 6.54 Å². The molecular weight excluding hydrogens is 324 g/mol. The normalized spacial score (nSPS) is 10.4. The topological polar surface area (TPSA) is 114 Å². The molecule has 25 heavy (non-hydrogen) atoms. The molecule has 128 valence electrons. The molecule has 0 atom stereocenters. The lowest BCUT2D eigenvalue weighted by Crippen LogP contribution is -2.29. The summed E-state index contributed by atoms with van der Waals surface area (Å²) in [5, 5.41) is 17.1. The van der Waals surface area contributed by atoms with Crippen molar-refractivity contribution < 1.29 is 14.5 Å². The first-order valence-corrected chi connectivity index (χ1v) is 7.42. The molecule has 0 fully saturated rings. The minimum absolute atomic E-state index is 0.124. The number of rotatable bonds is 7. The minimum Gasteiger partial charge on any atom is -0.352 e. The van der Waals surface area contributed by atoms with Gasteiger partial charge in [0.25, 0.3) is 5.69 Å². The summed E-state index contributed by atoms with van der Waals surface area (Å²) in [4.78, 5) is 33.7. The van der Waals surface area contributed by atoms with E-state index in [1.165, 1.54) is 18.2 Å². The molecule has 2 amide bonds. The lowest BCUT2D eigenvalue weighted by Gasteiger charge is -2.04. The minimum atomic E-state index is -0.611. The number of nitro groups is 1. The monoisotopic (exact) mass is 340 g/mol. The smallest absolute Gasteiger partial charge is 0.278 e. The predicted octanol–water partition coefficient (Wildman–Crippen LogP) is 1.75. The number of hydrogen-bond acceptors (Lipinski definition) is 5. The van der Waals surface area contributed by atoms with Gasteiger partial charge >= 0.3 is 0 Å². The van der Waals surface area contributed by atoms with Crippen molar-refractivity contribution in [2.24, 2.45) is 5.10 Å². The Balaban J connectivity index is 1.80. The molecule has 0 saturated heterocycles. The summed E-state index contributed by atoms with van der Waals surface area (Å²) in [5.41, 5.74) is 3.22. The van der Waals surface area contributed by atoms with Crippen LogP contribution in [0.25, 0.3) is 0 Å². The first kappa shape index (κ1) is 17.8. The van der Waals surface area contributed by atoms with E-state index >= 15 is 0 Å². The highest BCUT2D eigenvalue weighted by atomic mass is 16.6. The Labute approximate surface area is 143 Å². The van der Waals surface area contributed by atoms with E-state index in [-0.39, 0.29) is 17.7 Å². The summed E-state index contributed by atoms with van der Waals surface area (Å²) in [5.74, 6) is -1.05. The maximum absolute atomic E-state index is 11.7. The predicted molar refractivity (Wildman–Crippen MR) is 91.7 cm³/mol. The van der Waals surface area contributed by atoms with Crippen LogP contribution in [0.3, 0.4) is 0 Å². The Hall–Kier alpha value is -3.55. The Morgan fingerprint density at radius 1 is 1.04 bits per heavy atom. The lowest BCUT2D eigenvalue weighted by atomic mass is 10.2. The number of hydrogen-bond donors (Lipinski definition) is 2. The second-order valence-corrected chi connectivity index (χ2v) is 5.05. The van der Waals surface area contributed by atoms with Gasteiger partial charge in [-0.25, -0.2) is 5.43 Å². The van der Waals surface area contributed by atoms with Crippen LogP contribution in [0, 0.1) is 10.1 Å². The molecule has 0 unspecified atom stereocenters. The Morgan fingerprint density at radius 2 is 1.72 bits per heavy atom. The van der Waals surface area contributed by atoms with Gasteiger partial charge in [-0.1, -0.05) is 42.5 Å². The highest BCUT2D eigenvalue weighted by Crippen LogP contribution is 2.14. The third-order valence-corrected chi connectivity index (χ3v) is 3.18. The van der Waals surface area contributed by atoms with E-state index in [0.717, 1.165) is 11.8 Å². The van der Waals surface area contributed by atoms with Crippen molar-refractivity contribution in [3.05, 3.63) is 75.8 Å². The molecule has 0 aromatic heterocycles. The molecule has 0 aliphatic carbocycles. The molecule has 2 aromatic rings. The molecule has 2 N–H and O–H groups in total. The van der Waals surface area contributed by atoms with Crippen molar-refractivity contribution in [3.8, 4) is 0 Å². The fourth-order valence-electron chi connectivity index (χ4n) is 1.98. The van der Waals surface area contributed by atoms with Crippen LogP contribution in [0.15, 0.2) is 59.7 Å². The van der Waals surface area contributed by atoms with Gasteiger partial charge in [0.2, 0.25) is 11.8 Å². The fourth-order valence-corrected chi connectivity index (χ4v) is 1.98. The number of carbonyl (C=O) groups excluding carboxylic acids is 2.